The highest BCUT2D eigenvalue weighted by Gasteiger charge is 2.05. The second-order valence-corrected chi connectivity index (χ2v) is 4.46. The van der Waals surface area contributed by atoms with E-state index in [9.17, 15) is 0 Å². The highest BCUT2D eigenvalue weighted by atomic mass is 31.7. The molecule has 0 atom stereocenters. The van der Waals surface area contributed by atoms with E-state index in [1.165, 1.54) is 39.7 Å². The summed E-state index contributed by atoms with van der Waals surface area (Å²) < 4.78 is 0. The van der Waals surface area contributed by atoms with Crippen LogP contribution >= 0.6 is 15.9 Å². The van der Waals surface area contributed by atoms with Crippen molar-refractivity contribution in [3.05, 3.63) is 11.0 Å². The van der Waals surface area contributed by atoms with Crippen LogP contribution in [0.25, 0.3) is 0 Å². The van der Waals surface area contributed by atoms with Gasteiger partial charge in [0.25, 0.3) is 0 Å². The van der Waals surface area contributed by atoms with Crippen molar-refractivity contribution in [3.63, 3.8) is 0 Å². The van der Waals surface area contributed by atoms with Crippen molar-refractivity contribution in [2.75, 3.05) is 0 Å². The molecule has 3 heteroatoms. The van der Waals surface area contributed by atoms with E-state index < -0.39 is 0 Å². The summed E-state index contributed by atoms with van der Waals surface area (Å²) in [7, 11) is 2.62. The summed E-state index contributed by atoms with van der Waals surface area (Å²) in [5.41, 5.74) is 1.35. The molecular formula is C6H10NP2. The zero-order valence-electron chi connectivity index (χ0n) is 5.76. The fourth-order valence-electron chi connectivity index (χ4n) is 0.741. The Morgan fingerprint density at radius 3 is 2.78 bits per heavy atom. The molecule has 1 aliphatic heterocycles. The predicted molar refractivity (Wildman–Crippen MR) is 43.6 cm³/mol. The van der Waals surface area contributed by atoms with Gasteiger partial charge in [0.15, 0.2) is 0 Å². The second kappa shape index (κ2) is 3.34. The van der Waals surface area contributed by atoms with Crippen LogP contribution in [0.1, 0.15) is 26.7 Å². The average Bonchev–Trinajstić information content (AvgIpc) is 2.18. The summed E-state index contributed by atoms with van der Waals surface area (Å²) >= 11 is 0. The Morgan fingerprint density at radius 1 is 1.56 bits per heavy atom. The second-order valence-electron chi connectivity index (χ2n) is 2.07. The Kier molecular flexibility index (Phi) is 2.69. The smallest absolute Gasteiger partial charge is 0.0699 e. The molecule has 1 heterocycles. The topological polar surface area (TPSA) is 14.1 Å². The minimum Gasteiger partial charge on any atom is -0.227 e. The van der Waals surface area contributed by atoms with Crippen LogP contribution in [-0.2, 0) is 0 Å². The Morgan fingerprint density at radius 2 is 2.33 bits per heavy atom. The average molecular weight is 158 g/mol. The van der Waals surface area contributed by atoms with Gasteiger partial charge < -0.3 is 0 Å². The van der Waals surface area contributed by atoms with E-state index in [0.29, 0.717) is 0 Å². The molecule has 1 aliphatic rings. The first-order valence-corrected chi connectivity index (χ1v) is 5.61. The Balaban J connectivity index is 2.51. The van der Waals surface area contributed by atoms with Crippen LogP contribution < -0.4 is 5.09 Å². The monoisotopic (exact) mass is 158 g/mol. The lowest BCUT2D eigenvalue weighted by Crippen LogP contribution is -1.88. The molecule has 0 aromatic rings. The van der Waals surface area contributed by atoms with Gasteiger partial charge in [-0.3, -0.25) is 0 Å². The van der Waals surface area contributed by atoms with E-state index >= 15 is 0 Å². The fraction of sp³-hybridized carbons (Fsp3) is 0.667. The van der Waals surface area contributed by atoms with E-state index in [0.717, 1.165) is 0 Å². The van der Waals surface area contributed by atoms with Crippen molar-refractivity contribution >= 4 is 15.9 Å². The molecule has 0 saturated carbocycles. The minimum atomic E-state index is 1.17. The zero-order valence-corrected chi connectivity index (χ0v) is 7.54. The third-order valence-electron chi connectivity index (χ3n) is 1.26. The Hall–Kier alpha value is 0.140. The molecule has 1 nitrogen and oxygen atoms in total. The standard InChI is InChI=1S/C6H10NP2/c1-3-4-6-5(2)8-9-7-6/h3-4H2,1-2H3. The van der Waals surface area contributed by atoms with Gasteiger partial charge in [-0.25, -0.2) is 5.09 Å². The SMILES string of the molecule is CCCC1=C(C)P=P[N]1. The van der Waals surface area contributed by atoms with Crippen molar-refractivity contribution in [2.24, 2.45) is 0 Å². The Labute approximate surface area is 59.4 Å². The van der Waals surface area contributed by atoms with Gasteiger partial charge in [-0.2, -0.15) is 0 Å². The number of allylic oxidation sites excluding steroid dienone is 2. The molecule has 1 radical (unpaired) electrons. The van der Waals surface area contributed by atoms with Crippen LogP contribution in [0.3, 0.4) is 0 Å². The van der Waals surface area contributed by atoms with Crippen LogP contribution in [0.15, 0.2) is 11.0 Å². The molecule has 0 fully saturated rings. The minimum absolute atomic E-state index is 1.17. The van der Waals surface area contributed by atoms with Crippen molar-refractivity contribution in [2.45, 2.75) is 26.7 Å². The lowest BCUT2D eigenvalue weighted by Gasteiger charge is -1.96. The molecule has 9 heavy (non-hydrogen) atoms. The van der Waals surface area contributed by atoms with Crippen LogP contribution in [-0.4, -0.2) is 0 Å². The lowest BCUT2D eigenvalue weighted by molar-refractivity contribution is 0.863. The largest absolute Gasteiger partial charge is 0.227 e. The summed E-state index contributed by atoms with van der Waals surface area (Å²) in [5.74, 6) is 0. The van der Waals surface area contributed by atoms with Crippen molar-refractivity contribution < 1.29 is 0 Å². The summed E-state index contributed by atoms with van der Waals surface area (Å²) in [5, 5.41) is 5.82. The summed E-state index contributed by atoms with van der Waals surface area (Å²) in [6.45, 7) is 4.37. The van der Waals surface area contributed by atoms with Gasteiger partial charge in [0.05, 0.1) is 13.7 Å². The molecule has 0 aromatic carbocycles. The summed E-state index contributed by atoms with van der Waals surface area (Å²) in [4.78, 5) is 0. The van der Waals surface area contributed by atoms with Gasteiger partial charge in [0.1, 0.15) is 0 Å². The van der Waals surface area contributed by atoms with Gasteiger partial charge >= 0.3 is 0 Å². The van der Waals surface area contributed by atoms with Gasteiger partial charge in [-0.15, -0.1) is 0 Å². The highest BCUT2D eigenvalue weighted by Crippen LogP contribution is 2.35. The van der Waals surface area contributed by atoms with Gasteiger partial charge in [-0.05, 0) is 21.2 Å². The summed E-state index contributed by atoms with van der Waals surface area (Å²) in [6.07, 6.45) is 2.40. The molecule has 0 aromatic heterocycles. The van der Waals surface area contributed by atoms with Crippen molar-refractivity contribution in [1.29, 1.82) is 0 Å². The van der Waals surface area contributed by atoms with E-state index in [1.807, 2.05) is 0 Å². The van der Waals surface area contributed by atoms with Gasteiger partial charge in [0.2, 0.25) is 0 Å². The van der Waals surface area contributed by atoms with Crippen molar-refractivity contribution in [3.8, 4) is 0 Å². The lowest BCUT2D eigenvalue weighted by atomic mass is 10.2. The highest BCUT2D eigenvalue weighted by molar-refractivity contribution is 7.85. The van der Waals surface area contributed by atoms with Crippen LogP contribution in [0.5, 0.6) is 0 Å². The molecule has 0 aliphatic carbocycles. The molecule has 0 spiro atoms. The first-order valence-electron chi connectivity index (χ1n) is 3.16. The number of nitrogens with zero attached hydrogens (tertiary/aromatic N) is 1. The van der Waals surface area contributed by atoms with Crippen LogP contribution in [0, 0.1) is 0 Å². The number of hydrogen-bond acceptors (Lipinski definition) is 0. The molecule has 0 saturated heterocycles. The molecular weight excluding hydrogens is 148 g/mol. The van der Waals surface area contributed by atoms with E-state index in [-0.39, 0.29) is 0 Å². The Bertz CT molecular complexity index is 160. The molecule has 0 amide bonds. The molecule has 0 unspecified atom stereocenters. The van der Waals surface area contributed by atoms with Gasteiger partial charge in [0, 0.05) is 5.31 Å². The maximum atomic E-state index is 4.35. The van der Waals surface area contributed by atoms with Gasteiger partial charge in [-0.1, -0.05) is 13.3 Å². The van der Waals surface area contributed by atoms with Crippen LogP contribution in [0.2, 0.25) is 0 Å². The van der Waals surface area contributed by atoms with E-state index in [4.69, 9.17) is 0 Å². The maximum absolute atomic E-state index is 4.35. The van der Waals surface area contributed by atoms with Crippen molar-refractivity contribution in [1.82, 2.24) is 5.09 Å². The van der Waals surface area contributed by atoms with E-state index in [2.05, 4.69) is 18.9 Å². The third-order valence-corrected chi connectivity index (χ3v) is 3.68. The first-order chi connectivity index (χ1) is 4.34. The molecule has 0 bridgehead atoms. The zero-order chi connectivity index (χ0) is 6.69. The maximum Gasteiger partial charge on any atom is 0.0699 e. The predicted octanol–water partition coefficient (Wildman–Crippen LogP) is 3.36. The first kappa shape index (κ1) is 7.25. The fourth-order valence-corrected chi connectivity index (χ4v) is 2.84. The number of rotatable bonds is 2. The quantitative estimate of drug-likeness (QED) is 0.547. The third kappa shape index (κ3) is 1.78. The normalized spacial score (nSPS) is 20.2. The van der Waals surface area contributed by atoms with E-state index in [1.54, 1.807) is 0 Å². The summed E-state index contributed by atoms with van der Waals surface area (Å²) in [6, 6.07) is 0. The molecule has 49 valence electrons. The molecule has 1 rings (SSSR count). The number of hydrogen-bond donors (Lipinski definition) is 0. The van der Waals surface area contributed by atoms with Crippen LogP contribution in [0.4, 0.5) is 0 Å². The molecule has 0 N–H and O–H groups in total.